The van der Waals surface area contributed by atoms with Crippen molar-refractivity contribution in [3.8, 4) is 0 Å². The standard InChI is InChI=1S/C10H11F4N/c1-6(10(13)14)15-5-7-2-3-8(11)4-9(7)12/h2-4,6,10,15H,5H2,1H3. The van der Waals surface area contributed by atoms with E-state index in [1.807, 2.05) is 0 Å². The summed E-state index contributed by atoms with van der Waals surface area (Å²) < 4.78 is 49.7. The van der Waals surface area contributed by atoms with Crippen molar-refractivity contribution >= 4 is 0 Å². The molecule has 0 amide bonds. The molecule has 5 heteroatoms. The first kappa shape index (κ1) is 12.0. The molecule has 15 heavy (non-hydrogen) atoms. The van der Waals surface area contributed by atoms with Gasteiger partial charge in [-0.05, 0) is 13.0 Å². The van der Waals surface area contributed by atoms with Crippen molar-refractivity contribution in [2.75, 3.05) is 0 Å². The van der Waals surface area contributed by atoms with Gasteiger partial charge in [-0.25, -0.2) is 17.6 Å². The van der Waals surface area contributed by atoms with E-state index in [2.05, 4.69) is 5.32 Å². The summed E-state index contributed by atoms with van der Waals surface area (Å²) >= 11 is 0. The van der Waals surface area contributed by atoms with Gasteiger partial charge in [0.05, 0.1) is 6.04 Å². The smallest absolute Gasteiger partial charge is 0.253 e. The summed E-state index contributed by atoms with van der Waals surface area (Å²) in [6.45, 7) is 1.25. The van der Waals surface area contributed by atoms with Gasteiger partial charge >= 0.3 is 0 Å². The molecule has 0 radical (unpaired) electrons. The average molecular weight is 221 g/mol. The molecule has 1 aromatic carbocycles. The van der Waals surface area contributed by atoms with Crippen molar-refractivity contribution in [2.24, 2.45) is 0 Å². The van der Waals surface area contributed by atoms with Crippen LogP contribution < -0.4 is 5.32 Å². The third kappa shape index (κ3) is 3.51. The van der Waals surface area contributed by atoms with E-state index in [4.69, 9.17) is 0 Å². The van der Waals surface area contributed by atoms with Crippen LogP contribution in [0.3, 0.4) is 0 Å². The number of hydrogen-bond donors (Lipinski definition) is 1. The highest BCUT2D eigenvalue weighted by Gasteiger charge is 2.14. The fourth-order valence-corrected chi connectivity index (χ4v) is 1.03. The van der Waals surface area contributed by atoms with E-state index < -0.39 is 24.1 Å². The van der Waals surface area contributed by atoms with Crippen LogP contribution >= 0.6 is 0 Å². The summed E-state index contributed by atoms with van der Waals surface area (Å²) in [6, 6.07) is 2.03. The van der Waals surface area contributed by atoms with E-state index in [0.29, 0.717) is 0 Å². The SMILES string of the molecule is CC(NCc1ccc(F)cc1F)C(F)F. The van der Waals surface area contributed by atoms with Crippen LogP contribution in [0.4, 0.5) is 17.6 Å². The van der Waals surface area contributed by atoms with Crippen molar-refractivity contribution in [1.29, 1.82) is 0 Å². The van der Waals surface area contributed by atoms with Crippen molar-refractivity contribution in [1.82, 2.24) is 5.32 Å². The predicted octanol–water partition coefficient (Wildman–Crippen LogP) is 2.71. The van der Waals surface area contributed by atoms with Crippen molar-refractivity contribution in [3.05, 3.63) is 35.4 Å². The topological polar surface area (TPSA) is 12.0 Å². The van der Waals surface area contributed by atoms with Gasteiger partial charge in [0.1, 0.15) is 11.6 Å². The van der Waals surface area contributed by atoms with Gasteiger partial charge in [-0.2, -0.15) is 0 Å². The molecule has 84 valence electrons. The zero-order valence-corrected chi connectivity index (χ0v) is 8.11. The Morgan fingerprint density at radius 3 is 2.47 bits per heavy atom. The van der Waals surface area contributed by atoms with Crippen molar-refractivity contribution in [3.63, 3.8) is 0 Å². The van der Waals surface area contributed by atoms with Crippen LogP contribution in [0, 0.1) is 11.6 Å². The maximum absolute atomic E-state index is 13.0. The molecule has 1 unspecified atom stereocenters. The third-order valence-electron chi connectivity index (χ3n) is 2.01. The lowest BCUT2D eigenvalue weighted by Crippen LogP contribution is -2.32. The molecule has 0 saturated heterocycles. The van der Waals surface area contributed by atoms with E-state index in [9.17, 15) is 17.6 Å². The van der Waals surface area contributed by atoms with Crippen LogP contribution in [0.2, 0.25) is 0 Å². The minimum atomic E-state index is -2.51. The van der Waals surface area contributed by atoms with Gasteiger partial charge in [-0.1, -0.05) is 6.07 Å². The monoisotopic (exact) mass is 221 g/mol. The number of hydrogen-bond acceptors (Lipinski definition) is 1. The molecule has 1 N–H and O–H groups in total. The molecule has 0 aromatic heterocycles. The van der Waals surface area contributed by atoms with E-state index in [1.54, 1.807) is 0 Å². The van der Waals surface area contributed by atoms with Crippen LogP contribution in [0.25, 0.3) is 0 Å². The Hall–Kier alpha value is -1.10. The highest BCUT2D eigenvalue weighted by molar-refractivity contribution is 5.18. The predicted molar refractivity (Wildman–Crippen MR) is 48.7 cm³/mol. The van der Waals surface area contributed by atoms with E-state index in [1.165, 1.54) is 13.0 Å². The second kappa shape index (κ2) is 5.11. The van der Waals surface area contributed by atoms with Crippen molar-refractivity contribution in [2.45, 2.75) is 25.9 Å². The normalized spacial score (nSPS) is 13.2. The molecule has 0 aliphatic heterocycles. The minimum absolute atomic E-state index is 0.0440. The minimum Gasteiger partial charge on any atom is -0.305 e. The number of nitrogens with one attached hydrogen (secondary N) is 1. The number of alkyl halides is 2. The quantitative estimate of drug-likeness (QED) is 0.771. The molecule has 0 fully saturated rings. The van der Waals surface area contributed by atoms with Crippen molar-refractivity contribution < 1.29 is 17.6 Å². The fourth-order valence-electron chi connectivity index (χ4n) is 1.03. The lowest BCUT2D eigenvalue weighted by molar-refractivity contribution is 0.105. The lowest BCUT2D eigenvalue weighted by Gasteiger charge is -2.12. The molecule has 1 aromatic rings. The van der Waals surface area contributed by atoms with Gasteiger partial charge in [0, 0.05) is 18.2 Å². The third-order valence-corrected chi connectivity index (χ3v) is 2.01. The van der Waals surface area contributed by atoms with E-state index >= 15 is 0 Å². The molecular formula is C10H11F4N. The molecule has 1 atom stereocenters. The molecular weight excluding hydrogens is 210 g/mol. The average Bonchev–Trinajstić information content (AvgIpc) is 2.15. The van der Waals surface area contributed by atoms with Crippen LogP contribution in [0.1, 0.15) is 12.5 Å². The maximum atomic E-state index is 13.0. The Morgan fingerprint density at radius 1 is 1.27 bits per heavy atom. The highest BCUT2D eigenvalue weighted by atomic mass is 19.3. The molecule has 0 aliphatic rings. The Balaban J connectivity index is 2.58. The Morgan fingerprint density at radius 2 is 1.93 bits per heavy atom. The first-order valence-electron chi connectivity index (χ1n) is 4.46. The Bertz CT molecular complexity index is 327. The number of rotatable bonds is 4. The zero-order chi connectivity index (χ0) is 11.4. The first-order valence-corrected chi connectivity index (χ1v) is 4.46. The molecule has 1 rings (SSSR count). The molecule has 0 bridgehead atoms. The summed E-state index contributed by atoms with van der Waals surface area (Å²) in [5, 5.41) is 2.45. The van der Waals surface area contributed by atoms with E-state index in [-0.39, 0.29) is 12.1 Å². The summed E-state index contributed by atoms with van der Waals surface area (Å²) in [6.07, 6.45) is -2.51. The van der Waals surface area contributed by atoms with E-state index in [0.717, 1.165) is 12.1 Å². The van der Waals surface area contributed by atoms with Crippen LogP contribution in [-0.2, 0) is 6.54 Å². The van der Waals surface area contributed by atoms with Gasteiger partial charge in [0.25, 0.3) is 6.43 Å². The van der Waals surface area contributed by atoms with Crippen LogP contribution in [-0.4, -0.2) is 12.5 Å². The number of halogens is 4. The Kier molecular flexibility index (Phi) is 4.08. The molecule has 0 heterocycles. The molecule has 0 spiro atoms. The first-order chi connectivity index (χ1) is 7.00. The second-order valence-electron chi connectivity index (χ2n) is 3.24. The van der Waals surface area contributed by atoms with Gasteiger partial charge < -0.3 is 5.32 Å². The Labute approximate surface area is 85.1 Å². The summed E-state index contributed by atoms with van der Waals surface area (Å²) in [5.74, 6) is -1.41. The molecule has 1 nitrogen and oxygen atoms in total. The van der Waals surface area contributed by atoms with Gasteiger partial charge in [-0.15, -0.1) is 0 Å². The molecule has 0 aliphatic carbocycles. The number of benzene rings is 1. The largest absolute Gasteiger partial charge is 0.305 e. The summed E-state index contributed by atoms with van der Waals surface area (Å²) in [5.41, 5.74) is 0.170. The highest BCUT2D eigenvalue weighted by Crippen LogP contribution is 2.10. The fraction of sp³-hybridized carbons (Fsp3) is 0.400. The zero-order valence-electron chi connectivity index (χ0n) is 8.11. The van der Waals surface area contributed by atoms with Gasteiger partial charge in [-0.3, -0.25) is 0 Å². The van der Waals surface area contributed by atoms with Gasteiger partial charge in [0.2, 0.25) is 0 Å². The molecule has 0 saturated carbocycles. The summed E-state index contributed by atoms with van der Waals surface area (Å²) in [7, 11) is 0. The maximum Gasteiger partial charge on any atom is 0.253 e. The lowest BCUT2D eigenvalue weighted by atomic mass is 10.2. The summed E-state index contributed by atoms with van der Waals surface area (Å²) in [4.78, 5) is 0. The van der Waals surface area contributed by atoms with Crippen LogP contribution in [0.15, 0.2) is 18.2 Å². The van der Waals surface area contributed by atoms with Crippen LogP contribution in [0.5, 0.6) is 0 Å². The second-order valence-corrected chi connectivity index (χ2v) is 3.24. The van der Waals surface area contributed by atoms with Gasteiger partial charge in [0.15, 0.2) is 0 Å².